The molecule has 0 bridgehead atoms. The highest BCUT2D eigenvalue weighted by atomic mass is 79.9. The Morgan fingerprint density at radius 2 is 1.65 bits per heavy atom. The molecule has 0 saturated carbocycles. The number of aryl methyl sites for hydroxylation is 1. The molecule has 0 fully saturated rings. The van der Waals surface area contributed by atoms with Gasteiger partial charge in [-0.2, -0.15) is 0 Å². The van der Waals surface area contributed by atoms with Crippen LogP contribution in [0.4, 0.5) is 8.78 Å². The molecule has 1 nitrogen and oxygen atoms in total. The third-order valence-corrected chi connectivity index (χ3v) is 3.65. The molecule has 0 heterocycles. The van der Waals surface area contributed by atoms with E-state index in [-0.39, 0.29) is 17.4 Å². The summed E-state index contributed by atoms with van der Waals surface area (Å²) < 4.78 is 32.9. The molecule has 0 saturated heterocycles. The van der Waals surface area contributed by atoms with Gasteiger partial charge in [0.15, 0.2) is 11.6 Å². The van der Waals surface area contributed by atoms with Crippen LogP contribution in [-0.4, -0.2) is 6.61 Å². The number of hydrogen-bond acceptors (Lipinski definition) is 1. The monoisotopic (exact) mass is 360 g/mol. The van der Waals surface area contributed by atoms with Gasteiger partial charge < -0.3 is 4.74 Å². The number of halogens is 4. The standard InChI is InChI=1S/C15H12BrClF2O/c16-11-5-3-10(4-6-11)2-1-9-20-15-13(19)8-7-12(18)14(15)17/h3-8H,1-2,9H2. The summed E-state index contributed by atoms with van der Waals surface area (Å²) in [6.45, 7) is 0.274. The van der Waals surface area contributed by atoms with Gasteiger partial charge in [-0.1, -0.05) is 39.7 Å². The molecular weight excluding hydrogens is 350 g/mol. The second-order valence-corrected chi connectivity index (χ2v) is 5.54. The van der Waals surface area contributed by atoms with E-state index in [4.69, 9.17) is 16.3 Å². The van der Waals surface area contributed by atoms with Crippen molar-refractivity contribution < 1.29 is 13.5 Å². The molecule has 0 aromatic heterocycles. The highest BCUT2D eigenvalue weighted by Gasteiger charge is 2.13. The second-order valence-electron chi connectivity index (χ2n) is 4.25. The largest absolute Gasteiger partial charge is 0.489 e. The predicted octanol–water partition coefficient (Wildman–Crippen LogP) is 5.39. The van der Waals surface area contributed by atoms with Crippen LogP contribution >= 0.6 is 27.5 Å². The van der Waals surface area contributed by atoms with Crippen LogP contribution in [0, 0.1) is 11.6 Å². The van der Waals surface area contributed by atoms with Crippen molar-refractivity contribution in [3.05, 3.63) is 63.1 Å². The molecular formula is C15H12BrClF2O. The van der Waals surface area contributed by atoms with E-state index in [1.807, 2.05) is 24.3 Å². The Morgan fingerprint density at radius 1 is 1.00 bits per heavy atom. The first-order valence-corrected chi connectivity index (χ1v) is 7.26. The second kappa shape index (κ2) is 7.04. The fourth-order valence-corrected chi connectivity index (χ4v) is 2.21. The Balaban J connectivity index is 1.87. The lowest BCUT2D eigenvalue weighted by Gasteiger charge is -2.09. The number of benzene rings is 2. The quantitative estimate of drug-likeness (QED) is 0.512. The van der Waals surface area contributed by atoms with E-state index >= 15 is 0 Å². The van der Waals surface area contributed by atoms with Crippen molar-refractivity contribution in [3.63, 3.8) is 0 Å². The van der Waals surface area contributed by atoms with Gasteiger partial charge in [0.05, 0.1) is 6.61 Å². The molecule has 0 radical (unpaired) electrons. The van der Waals surface area contributed by atoms with Crippen LogP contribution in [0.1, 0.15) is 12.0 Å². The summed E-state index contributed by atoms with van der Waals surface area (Å²) in [4.78, 5) is 0. The summed E-state index contributed by atoms with van der Waals surface area (Å²) in [5.41, 5.74) is 1.16. The molecule has 2 aromatic rings. The first-order chi connectivity index (χ1) is 9.58. The highest BCUT2D eigenvalue weighted by molar-refractivity contribution is 9.10. The molecule has 0 aliphatic carbocycles. The van der Waals surface area contributed by atoms with Crippen LogP contribution in [-0.2, 0) is 6.42 Å². The maximum Gasteiger partial charge on any atom is 0.176 e. The van der Waals surface area contributed by atoms with Crippen molar-refractivity contribution >= 4 is 27.5 Å². The van der Waals surface area contributed by atoms with Gasteiger partial charge in [-0.3, -0.25) is 0 Å². The first kappa shape index (κ1) is 15.3. The Labute approximate surface area is 129 Å². The van der Waals surface area contributed by atoms with Crippen molar-refractivity contribution in [1.29, 1.82) is 0 Å². The van der Waals surface area contributed by atoms with Crippen LogP contribution < -0.4 is 4.74 Å². The molecule has 0 unspecified atom stereocenters. The number of rotatable bonds is 5. The maximum absolute atomic E-state index is 13.4. The van der Waals surface area contributed by atoms with E-state index in [1.54, 1.807) is 0 Å². The van der Waals surface area contributed by atoms with Gasteiger partial charge in [-0.05, 0) is 42.7 Å². The Bertz CT molecular complexity index is 587. The van der Waals surface area contributed by atoms with Crippen molar-refractivity contribution in [2.75, 3.05) is 6.61 Å². The van der Waals surface area contributed by atoms with Crippen LogP contribution in [0.5, 0.6) is 5.75 Å². The van der Waals surface area contributed by atoms with Gasteiger partial charge in [0.25, 0.3) is 0 Å². The van der Waals surface area contributed by atoms with E-state index in [1.165, 1.54) is 0 Å². The topological polar surface area (TPSA) is 9.23 Å². The molecule has 5 heteroatoms. The molecule has 0 spiro atoms. The fraction of sp³-hybridized carbons (Fsp3) is 0.200. The minimum Gasteiger partial charge on any atom is -0.489 e. The third-order valence-electron chi connectivity index (χ3n) is 2.77. The van der Waals surface area contributed by atoms with Crippen LogP contribution in [0.15, 0.2) is 40.9 Å². The molecule has 106 valence electrons. The minimum atomic E-state index is -0.684. The average Bonchev–Trinajstić information content (AvgIpc) is 2.44. The first-order valence-electron chi connectivity index (χ1n) is 6.08. The zero-order valence-electron chi connectivity index (χ0n) is 10.5. The zero-order chi connectivity index (χ0) is 14.5. The van der Waals surface area contributed by atoms with Crippen LogP contribution in [0.3, 0.4) is 0 Å². The van der Waals surface area contributed by atoms with Gasteiger partial charge in [0, 0.05) is 4.47 Å². The van der Waals surface area contributed by atoms with Gasteiger partial charge in [-0.15, -0.1) is 0 Å². The van der Waals surface area contributed by atoms with Crippen LogP contribution in [0.25, 0.3) is 0 Å². The fourth-order valence-electron chi connectivity index (χ4n) is 1.74. The van der Waals surface area contributed by atoms with E-state index in [9.17, 15) is 8.78 Å². The summed E-state index contributed by atoms with van der Waals surface area (Å²) in [6, 6.07) is 9.90. The lowest BCUT2D eigenvalue weighted by molar-refractivity contribution is 0.294. The molecule has 0 aliphatic rings. The molecule has 2 rings (SSSR count). The average molecular weight is 362 g/mol. The summed E-state index contributed by atoms with van der Waals surface area (Å²) in [6.07, 6.45) is 1.48. The summed E-state index contributed by atoms with van der Waals surface area (Å²) in [5.74, 6) is -1.56. The van der Waals surface area contributed by atoms with Crippen molar-refractivity contribution in [2.24, 2.45) is 0 Å². The predicted molar refractivity (Wildman–Crippen MR) is 79.3 cm³/mol. The Kier molecular flexibility index (Phi) is 5.38. The lowest BCUT2D eigenvalue weighted by Crippen LogP contribution is -2.02. The van der Waals surface area contributed by atoms with Gasteiger partial charge >= 0.3 is 0 Å². The normalized spacial score (nSPS) is 10.6. The molecule has 2 aromatic carbocycles. The van der Waals surface area contributed by atoms with Crippen molar-refractivity contribution in [1.82, 2.24) is 0 Å². The minimum absolute atomic E-state index is 0.220. The smallest absolute Gasteiger partial charge is 0.176 e. The Hall–Kier alpha value is -1.13. The number of hydrogen-bond donors (Lipinski definition) is 0. The molecule has 0 atom stereocenters. The van der Waals surface area contributed by atoms with E-state index < -0.39 is 11.6 Å². The Morgan fingerprint density at radius 3 is 2.35 bits per heavy atom. The molecule has 0 aliphatic heterocycles. The zero-order valence-corrected chi connectivity index (χ0v) is 12.8. The maximum atomic E-state index is 13.4. The van der Waals surface area contributed by atoms with Crippen molar-refractivity contribution in [3.8, 4) is 5.75 Å². The lowest BCUT2D eigenvalue weighted by atomic mass is 10.1. The summed E-state index contributed by atoms with van der Waals surface area (Å²) in [5, 5.41) is -0.311. The van der Waals surface area contributed by atoms with Gasteiger partial charge in [0.2, 0.25) is 0 Å². The molecule has 0 N–H and O–H groups in total. The van der Waals surface area contributed by atoms with Gasteiger partial charge in [0.1, 0.15) is 10.8 Å². The van der Waals surface area contributed by atoms with Gasteiger partial charge in [-0.25, -0.2) is 8.78 Å². The SMILES string of the molecule is Fc1ccc(F)c(OCCCc2ccc(Br)cc2)c1Cl. The number of ether oxygens (including phenoxy) is 1. The third kappa shape index (κ3) is 3.93. The van der Waals surface area contributed by atoms with E-state index in [2.05, 4.69) is 15.9 Å². The highest BCUT2D eigenvalue weighted by Crippen LogP contribution is 2.30. The van der Waals surface area contributed by atoms with Crippen molar-refractivity contribution in [2.45, 2.75) is 12.8 Å². The van der Waals surface area contributed by atoms with E-state index in [0.717, 1.165) is 28.6 Å². The van der Waals surface area contributed by atoms with E-state index in [0.29, 0.717) is 6.42 Å². The summed E-state index contributed by atoms with van der Waals surface area (Å²) in [7, 11) is 0. The van der Waals surface area contributed by atoms with Crippen LogP contribution in [0.2, 0.25) is 5.02 Å². The summed E-state index contributed by atoms with van der Waals surface area (Å²) >= 11 is 9.03. The molecule has 20 heavy (non-hydrogen) atoms. The molecule has 0 amide bonds.